The number of ether oxygens (including phenoxy) is 1. The maximum atomic E-state index is 12.7. The molecule has 1 amide bonds. The zero-order valence-corrected chi connectivity index (χ0v) is 19.1. The first-order chi connectivity index (χ1) is 16.5. The lowest BCUT2D eigenvalue weighted by Crippen LogP contribution is -2.44. The third-order valence-electron chi connectivity index (χ3n) is 8.04. The summed E-state index contributed by atoms with van der Waals surface area (Å²) in [6.07, 6.45) is 6.81. The van der Waals surface area contributed by atoms with Crippen LogP contribution in [0.25, 0.3) is 22.0 Å². The van der Waals surface area contributed by atoms with Crippen LogP contribution < -0.4 is 0 Å². The highest BCUT2D eigenvalue weighted by Crippen LogP contribution is 2.65. The number of aromatic carboxylic acids is 1. The summed E-state index contributed by atoms with van der Waals surface area (Å²) in [5.41, 5.74) is 4.78. The van der Waals surface area contributed by atoms with E-state index >= 15 is 0 Å². The average Bonchev–Trinajstić information content (AvgIpc) is 3.28. The van der Waals surface area contributed by atoms with Crippen LogP contribution >= 0.6 is 0 Å². The van der Waals surface area contributed by atoms with Gasteiger partial charge in [0.05, 0.1) is 11.1 Å². The fourth-order valence-corrected chi connectivity index (χ4v) is 5.84. The molecule has 2 atom stereocenters. The average molecular weight is 457 g/mol. The Morgan fingerprint density at radius 3 is 2.53 bits per heavy atom. The molecule has 3 heterocycles. The number of amides is 1. The molecule has 1 aromatic heterocycles. The monoisotopic (exact) mass is 456 g/mol. The van der Waals surface area contributed by atoms with Crippen LogP contribution in [0.15, 0.2) is 54.7 Å². The van der Waals surface area contributed by atoms with Crippen molar-refractivity contribution in [2.45, 2.75) is 44.1 Å². The van der Waals surface area contributed by atoms with Gasteiger partial charge < -0.3 is 14.7 Å². The van der Waals surface area contributed by atoms with Crippen LogP contribution in [-0.2, 0) is 9.53 Å². The predicted molar refractivity (Wildman–Crippen MR) is 129 cm³/mol. The minimum Gasteiger partial charge on any atom is -0.478 e. The topological polar surface area (TPSA) is 79.7 Å². The fourth-order valence-electron chi connectivity index (χ4n) is 5.84. The highest BCUT2D eigenvalue weighted by Gasteiger charge is 2.55. The number of nitrogens with zero attached hydrogens (tertiary/aromatic N) is 2. The molecular formula is C28H28N2O4. The summed E-state index contributed by atoms with van der Waals surface area (Å²) >= 11 is 0. The van der Waals surface area contributed by atoms with Crippen LogP contribution in [0, 0.1) is 5.41 Å². The van der Waals surface area contributed by atoms with E-state index < -0.39 is 5.97 Å². The van der Waals surface area contributed by atoms with Crippen molar-refractivity contribution in [2.75, 3.05) is 19.7 Å². The Bertz CT molecular complexity index is 1260. The molecule has 1 saturated carbocycles. The maximum Gasteiger partial charge on any atom is 0.335 e. The van der Waals surface area contributed by atoms with Gasteiger partial charge in [-0.1, -0.05) is 30.3 Å². The van der Waals surface area contributed by atoms with Gasteiger partial charge in [0.15, 0.2) is 0 Å². The van der Waals surface area contributed by atoms with Crippen molar-refractivity contribution in [3.05, 3.63) is 65.9 Å². The first-order valence-electron chi connectivity index (χ1n) is 12.2. The van der Waals surface area contributed by atoms with E-state index in [4.69, 9.17) is 4.74 Å². The van der Waals surface area contributed by atoms with E-state index in [0.717, 1.165) is 55.3 Å². The number of likely N-dealkylation sites (tertiary alicyclic amines) is 1. The van der Waals surface area contributed by atoms with E-state index in [9.17, 15) is 14.7 Å². The first kappa shape index (κ1) is 21.3. The number of carbonyl (C=O) groups excluding carboxylic acids is 1. The predicted octanol–water partition coefficient (Wildman–Crippen LogP) is 4.88. The molecule has 6 nitrogen and oxygen atoms in total. The summed E-state index contributed by atoms with van der Waals surface area (Å²) in [4.78, 5) is 30.3. The Morgan fingerprint density at radius 2 is 1.82 bits per heavy atom. The van der Waals surface area contributed by atoms with E-state index in [2.05, 4.69) is 35.3 Å². The molecule has 2 aliphatic heterocycles. The largest absolute Gasteiger partial charge is 0.478 e. The number of carboxylic acids is 1. The van der Waals surface area contributed by atoms with Crippen molar-refractivity contribution in [1.29, 1.82) is 0 Å². The third kappa shape index (κ3) is 3.76. The number of carboxylic acid groups (broad SMARTS) is 1. The van der Waals surface area contributed by atoms with Gasteiger partial charge in [-0.25, -0.2) is 4.79 Å². The number of carbonyl (C=O) groups is 2. The van der Waals surface area contributed by atoms with Crippen LogP contribution in [0.3, 0.4) is 0 Å². The second-order valence-electron chi connectivity index (χ2n) is 10.0. The summed E-state index contributed by atoms with van der Waals surface area (Å²) in [6.45, 7) is 2.41. The molecule has 3 aromatic rings. The van der Waals surface area contributed by atoms with Gasteiger partial charge in [0.2, 0.25) is 0 Å². The molecule has 1 aliphatic carbocycles. The fraction of sp³-hybridized carbons (Fsp3) is 0.393. The van der Waals surface area contributed by atoms with Crippen LogP contribution in [0.1, 0.15) is 53.9 Å². The van der Waals surface area contributed by atoms with Crippen LogP contribution in [0.5, 0.6) is 0 Å². The quantitative estimate of drug-likeness (QED) is 0.606. The zero-order valence-electron chi connectivity index (χ0n) is 19.1. The lowest BCUT2D eigenvalue weighted by molar-refractivity contribution is -0.142. The van der Waals surface area contributed by atoms with Crippen molar-refractivity contribution in [1.82, 2.24) is 9.88 Å². The first-order valence-corrected chi connectivity index (χ1v) is 12.2. The van der Waals surface area contributed by atoms with E-state index in [1.54, 1.807) is 12.1 Å². The molecule has 0 unspecified atom stereocenters. The summed E-state index contributed by atoms with van der Waals surface area (Å²) < 4.78 is 5.59. The number of hydrogen-bond donors (Lipinski definition) is 1. The molecule has 1 N–H and O–H groups in total. The minimum absolute atomic E-state index is 0.192. The van der Waals surface area contributed by atoms with Gasteiger partial charge in [-0.15, -0.1) is 0 Å². The second-order valence-corrected chi connectivity index (χ2v) is 10.0. The molecule has 34 heavy (non-hydrogen) atoms. The lowest BCUT2D eigenvalue weighted by Gasteiger charge is -2.34. The Balaban J connectivity index is 1.12. The highest BCUT2D eigenvalue weighted by atomic mass is 16.5. The molecule has 6 heteroatoms. The second kappa shape index (κ2) is 8.20. The van der Waals surface area contributed by atoms with Gasteiger partial charge in [-0.3, -0.25) is 9.78 Å². The Morgan fingerprint density at radius 1 is 1.03 bits per heavy atom. The molecule has 3 aliphatic rings. The van der Waals surface area contributed by atoms with Crippen molar-refractivity contribution in [2.24, 2.45) is 5.41 Å². The number of benzene rings is 2. The van der Waals surface area contributed by atoms with E-state index in [-0.39, 0.29) is 17.6 Å². The van der Waals surface area contributed by atoms with Crippen LogP contribution in [0.4, 0.5) is 0 Å². The van der Waals surface area contributed by atoms with Gasteiger partial charge in [-0.2, -0.15) is 0 Å². The Labute approximate surface area is 198 Å². The van der Waals surface area contributed by atoms with E-state index in [1.165, 1.54) is 12.0 Å². The van der Waals surface area contributed by atoms with Gasteiger partial charge in [0.25, 0.3) is 5.91 Å². The minimum atomic E-state index is -0.943. The molecule has 6 rings (SSSR count). The summed E-state index contributed by atoms with van der Waals surface area (Å²) in [7, 11) is 0. The molecule has 2 saturated heterocycles. The van der Waals surface area contributed by atoms with Crippen LogP contribution in [0.2, 0.25) is 0 Å². The molecule has 1 spiro atoms. The van der Waals surface area contributed by atoms with Crippen LogP contribution in [-0.4, -0.2) is 52.7 Å². The molecular weight excluding hydrogens is 428 g/mol. The molecule has 0 radical (unpaired) electrons. The smallest absolute Gasteiger partial charge is 0.335 e. The van der Waals surface area contributed by atoms with E-state index in [0.29, 0.717) is 23.5 Å². The third-order valence-corrected chi connectivity index (χ3v) is 8.04. The Hall–Kier alpha value is -3.25. The maximum absolute atomic E-state index is 12.7. The van der Waals surface area contributed by atoms with E-state index in [1.807, 2.05) is 17.2 Å². The molecule has 3 fully saturated rings. The van der Waals surface area contributed by atoms with Crippen molar-refractivity contribution >= 4 is 22.8 Å². The van der Waals surface area contributed by atoms with Crippen molar-refractivity contribution < 1.29 is 19.4 Å². The summed E-state index contributed by atoms with van der Waals surface area (Å²) in [6, 6.07) is 15.9. The summed E-state index contributed by atoms with van der Waals surface area (Å²) in [5, 5.41) is 10.1. The molecule has 0 bridgehead atoms. The number of aromatic nitrogens is 1. The van der Waals surface area contributed by atoms with Gasteiger partial charge >= 0.3 is 5.97 Å². The number of hydrogen-bond acceptors (Lipinski definition) is 4. The van der Waals surface area contributed by atoms with Crippen molar-refractivity contribution in [3.8, 4) is 11.1 Å². The van der Waals surface area contributed by atoms with Gasteiger partial charge in [0.1, 0.15) is 6.10 Å². The SMILES string of the molecule is O=C(O)c1ccc2cc(-c3ccc([C@@H]4CC45CCN(C(=O)[C@H]4CCCO4)CC5)cc3)cnc2c1. The zero-order chi connectivity index (χ0) is 23.3. The standard InChI is InChI=1S/C28H28N2O4/c31-26(25-2-1-13-34-25)30-11-9-28(10-12-30)16-23(28)19-5-3-18(4-6-19)22-14-20-7-8-21(27(32)33)15-24(20)29-17-22/h3-8,14-15,17,23,25H,1-2,9-13,16H2,(H,32,33)/t23-,25+/m0/s1. The number of fused-ring (bicyclic) bond motifs is 1. The number of pyridine rings is 1. The molecule has 2 aromatic carbocycles. The number of piperidine rings is 1. The normalized spacial score (nSPS) is 23.4. The Kier molecular flexibility index (Phi) is 5.14. The van der Waals surface area contributed by atoms with Gasteiger partial charge in [-0.05, 0) is 72.8 Å². The highest BCUT2D eigenvalue weighted by molar-refractivity contribution is 5.94. The number of rotatable bonds is 4. The molecule has 174 valence electrons. The summed E-state index contributed by atoms with van der Waals surface area (Å²) in [5.74, 6) is -0.177. The lowest BCUT2D eigenvalue weighted by atomic mass is 9.88. The van der Waals surface area contributed by atoms with Crippen molar-refractivity contribution in [3.63, 3.8) is 0 Å². The van der Waals surface area contributed by atoms with Gasteiger partial charge in [0, 0.05) is 36.8 Å².